The Morgan fingerprint density at radius 1 is 0.846 bits per heavy atom. The molecule has 0 bridgehead atoms. The second-order valence-corrected chi connectivity index (χ2v) is 12.7. The molecule has 0 saturated carbocycles. The molecular weight excluding hydrogens is 534 g/mol. The van der Waals surface area contributed by atoms with Gasteiger partial charge < -0.3 is 4.74 Å². The Morgan fingerprint density at radius 3 is 1.87 bits per heavy atom. The Labute approximate surface area is 233 Å². The Hall–Kier alpha value is -3.95. The van der Waals surface area contributed by atoms with E-state index < -0.39 is 50.3 Å². The molecule has 0 aromatic heterocycles. The van der Waals surface area contributed by atoms with E-state index in [0.717, 1.165) is 18.2 Å². The number of benzene rings is 4. The molecule has 4 rings (SSSR count). The van der Waals surface area contributed by atoms with Gasteiger partial charge in [0.05, 0.1) is 31.9 Å². The minimum absolute atomic E-state index is 0.0147. The number of rotatable bonds is 9. The minimum Gasteiger partial charge on any atom is -0.464 e. The van der Waals surface area contributed by atoms with Gasteiger partial charge in [-0.1, -0.05) is 66.2 Å². The molecule has 0 radical (unpaired) electrons. The van der Waals surface area contributed by atoms with E-state index in [4.69, 9.17) is 8.85 Å². The average Bonchev–Trinajstić information content (AvgIpc) is 2.96. The van der Waals surface area contributed by atoms with Crippen molar-refractivity contribution in [1.29, 1.82) is 0 Å². The first kappa shape index (κ1) is 24.1. The van der Waals surface area contributed by atoms with Gasteiger partial charge in [0.15, 0.2) is 9.84 Å². The molecule has 0 aliphatic heterocycles. The smallest absolute Gasteiger partial charge is 0.354 e. The van der Waals surface area contributed by atoms with Crippen molar-refractivity contribution < 1.29 is 30.5 Å². The first-order chi connectivity index (χ1) is 19.8. The van der Waals surface area contributed by atoms with E-state index in [1.165, 1.54) is 30.3 Å². The van der Waals surface area contributed by atoms with Gasteiger partial charge in [-0.3, -0.25) is 4.31 Å². The second kappa shape index (κ2) is 11.0. The van der Waals surface area contributed by atoms with Crippen molar-refractivity contribution in [3.8, 4) is 0 Å². The molecule has 1 atom stereocenters. The van der Waals surface area contributed by atoms with Gasteiger partial charge in [-0.25, -0.2) is 21.6 Å². The molecule has 4 aromatic carbocycles. The summed E-state index contributed by atoms with van der Waals surface area (Å²) >= 11 is 0. The van der Waals surface area contributed by atoms with Gasteiger partial charge in [0.25, 0.3) is 10.0 Å². The van der Waals surface area contributed by atoms with E-state index >= 15 is 0 Å². The summed E-state index contributed by atoms with van der Waals surface area (Å²) in [4.78, 5) is 12.5. The maximum Gasteiger partial charge on any atom is 0.354 e. The van der Waals surface area contributed by atoms with E-state index in [2.05, 4.69) is 0 Å². The van der Waals surface area contributed by atoms with Crippen LogP contribution in [0.1, 0.15) is 26.4 Å². The van der Waals surface area contributed by atoms with Crippen LogP contribution >= 0.6 is 0 Å². The minimum atomic E-state index is -4.58. The van der Waals surface area contributed by atoms with Gasteiger partial charge in [0.1, 0.15) is 5.70 Å². The van der Waals surface area contributed by atoms with Crippen LogP contribution in [0.3, 0.4) is 0 Å². The number of aryl methyl sites for hydroxylation is 2. The van der Waals surface area contributed by atoms with Crippen LogP contribution in [0.2, 0.25) is 0 Å². The van der Waals surface area contributed by atoms with E-state index in [-0.39, 0.29) is 20.9 Å². The molecule has 202 valence electrons. The number of sulfonamides is 1. The third kappa shape index (κ3) is 6.05. The van der Waals surface area contributed by atoms with Crippen molar-refractivity contribution in [1.82, 2.24) is 4.31 Å². The number of fused-ring (bicyclic) bond motifs is 1. The SMILES string of the molecule is [2H]C([2H])=C(C(=O)OC)N(Cc1cc2ccccc2cc1C([2H])S(=O)(=O)c1ccc(C)cc1)S(=O)(=O)c1ccc(C)cc1. The van der Waals surface area contributed by atoms with Crippen LogP contribution in [0.4, 0.5) is 0 Å². The van der Waals surface area contributed by atoms with Crippen LogP contribution in [-0.2, 0) is 41.7 Å². The summed E-state index contributed by atoms with van der Waals surface area (Å²) < 4.78 is 85.2. The second-order valence-electron chi connectivity index (χ2n) is 9.04. The van der Waals surface area contributed by atoms with Crippen molar-refractivity contribution in [3.05, 3.63) is 119 Å². The summed E-state index contributed by atoms with van der Waals surface area (Å²) in [5.41, 5.74) is -1.02. The number of nitrogens with zero attached hydrogens (tertiary/aromatic N) is 1. The molecule has 0 N–H and O–H groups in total. The number of carbonyl (C=O) groups is 1. The van der Waals surface area contributed by atoms with Gasteiger partial charge in [0, 0.05) is 1.37 Å². The zero-order chi connectivity index (χ0) is 30.8. The van der Waals surface area contributed by atoms with Crippen LogP contribution in [0.5, 0.6) is 0 Å². The highest BCUT2D eigenvalue weighted by molar-refractivity contribution is 7.90. The first-order valence-electron chi connectivity index (χ1n) is 13.4. The highest BCUT2D eigenvalue weighted by atomic mass is 32.2. The van der Waals surface area contributed by atoms with Crippen molar-refractivity contribution >= 4 is 36.6 Å². The van der Waals surface area contributed by atoms with Gasteiger partial charge in [-0.15, -0.1) is 0 Å². The molecule has 39 heavy (non-hydrogen) atoms. The number of hydrogen-bond acceptors (Lipinski definition) is 6. The molecule has 1 unspecified atom stereocenters. The molecule has 0 amide bonds. The van der Waals surface area contributed by atoms with Gasteiger partial charge in [0.2, 0.25) is 0 Å². The standard InChI is InChI=1S/C30H29NO6S2/c1-21-9-13-28(14-10-21)38(33,34)20-27-18-25-8-6-5-7-24(25)17-26(27)19-31(23(3)30(32)37-4)39(35,36)29-15-11-22(2)12-16-29/h5-18H,3,19-20H2,1-2,4H3/i3D2,20D. The maximum absolute atomic E-state index is 14.0. The molecular formula is C30H29NO6S2. The van der Waals surface area contributed by atoms with Crippen molar-refractivity contribution in [2.75, 3.05) is 7.11 Å². The zero-order valence-corrected chi connectivity index (χ0v) is 23.2. The highest BCUT2D eigenvalue weighted by Gasteiger charge is 2.31. The molecule has 0 saturated heterocycles. The molecule has 9 heteroatoms. The molecule has 4 aromatic rings. The van der Waals surface area contributed by atoms with E-state index in [1.807, 2.05) is 0 Å². The lowest BCUT2D eigenvalue weighted by Crippen LogP contribution is -2.33. The lowest BCUT2D eigenvalue weighted by Gasteiger charge is -2.26. The van der Waals surface area contributed by atoms with Crippen LogP contribution < -0.4 is 0 Å². The summed E-state index contributed by atoms with van der Waals surface area (Å²) in [6.07, 6.45) is 0. The number of ether oxygens (including phenoxy) is 1. The van der Waals surface area contributed by atoms with Gasteiger partial charge in [-0.05, 0) is 72.1 Å². The summed E-state index contributed by atoms with van der Waals surface area (Å²) in [5, 5.41) is 1.25. The average molecular weight is 567 g/mol. The lowest BCUT2D eigenvalue weighted by molar-refractivity contribution is -0.137. The summed E-state index contributed by atoms with van der Waals surface area (Å²) in [7, 11) is -7.85. The van der Waals surface area contributed by atoms with Crippen LogP contribution in [0, 0.1) is 13.8 Å². The summed E-state index contributed by atoms with van der Waals surface area (Å²) in [6, 6.07) is 21.9. The van der Waals surface area contributed by atoms with Gasteiger partial charge >= 0.3 is 5.97 Å². The molecule has 7 nitrogen and oxygen atoms in total. The van der Waals surface area contributed by atoms with Gasteiger partial charge in [-0.2, -0.15) is 0 Å². The van der Waals surface area contributed by atoms with Crippen LogP contribution in [0.25, 0.3) is 10.8 Å². The third-order valence-corrected chi connectivity index (χ3v) is 9.44. The van der Waals surface area contributed by atoms with E-state index in [1.54, 1.807) is 68.4 Å². The fraction of sp³-hybridized carbons (Fsp3) is 0.167. The van der Waals surface area contributed by atoms with E-state index in [0.29, 0.717) is 15.1 Å². The fourth-order valence-electron chi connectivity index (χ4n) is 3.99. The Kier molecular flexibility index (Phi) is 6.82. The monoisotopic (exact) mass is 566 g/mol. The lowest BCUT2D eigenvalue weighted by atomic mass is 10.0. The number of sulfone groups is 1. The van der Waals surface area contributed by atoms with Crippen molar-refractivity contribution in [2.45, 2.75) is 35.9 Å². The quantitative estimate of drug-likeness (QED) is 0.201. The summed E-state index contributed by atoms with van der Waals surface area (Å²) in [6.45, 7) is 1.80. The van der Waals surface area contributed by atoms with Crippen LogP contribution in [0.15, 0.2) is 107 Å². The van der Waals surface area contributed by atoms with E-state index in [9.17, 15) is 21.6 Å². The largest absolute Gasteiger partial charge is 0.464 e. The van der Waals surface area contributed by atoms with Crippen molar-refractivity contribution in [2.24, 2.45) is 0 Å². The molecule has 0 fully saturated rings. The highest BCUT2D eigenvalue weighted by Crippen LogP contribution is 2.29. The van der Waals surface area contributed by atoms with Crippen LogP contribution in [-0.4, -0.2) is 34.2 Å². The van der Waals surface area contributed by atoms with Crippen molar-refractivity contribution in [3.63, 3.8) is 0 Å². The molecule has 0 aliphatic carbocycles. The predicted octanol–water partition coefficient (Wildman–Crippen LogP) is 5.31. The fourth-order valence-corrected chi connectivity index (χ4v) is 6.55. The topological polar surface area (TPSA) is 97.8 Å². The predicted molar refractivity (Wildman–Crippen MR) is 151 cm³/mol. The molecule has 0 heterocycles. The Balaban J connectivity index is 1.96. The maximum atomic E-state index is 14.0. The number of hydrogen-bond donors (Lipinski definition) is 0. The Morgan fingerprint density at radius 2 is 1.36 bits per heavy atom. The number of esters is 1. The zero-order valence-electron chi connectivity index (χ0n) is 24.6. The first-order valence-corrected chi connectivity index (χ1v) is 14.9. The number of carbonyl (C=O) groups excluding carboxylic acids is 1. The molecule has 0 spiro atoms. The normalized spacial score (nSPS) is 13.6. The third-order valence-electron chi connectivity index (χ3n) is 6.19. The number of methoxy groups -OCH3 is 1. The molecule has 0 aliphatic rings. The summed E-state index contributed by atoms with van der Waals surface area (Å²) in [5.74, 6) is -1.23. The Bertz CT molecular complexity index is 1890.